The summed E-state index contributed by atoms with van der Waals surface area (Å²) in [5.41, 5.74) is 0.0649. The van der Waals surface area contributed by atoms with Gasteiger partial charge in [-0.2, -0.15) is 0 Å². The number of nitrogens with zero attached hydrogens (tertiary/aromatic N) is 1. The fourth-order valence-electron chi connectivity index (χ4n) is 2.19. The van der Waals surface area contributed by atoms with Gasteiger partial charge in [0.05, 0.1) is 6.04 Å². The molecule has 1 saturated heterocycles. The van der Waals surface area contributed by atoms with Gasteiger partial charge in [-0.15, -0.1) is 0 Å². The molecule has 1 aliphatic rings. The highest BCUT2D eigenvalue weighted by atomic mass is 79.9. The molecule has 100 valence electrons. The second kappa shape index (κ2) is 6.04. The average Bonchev–Trinajstić information content (AvgIpc) is 2.33. The molecule has 0 saturated carbocycles. The van der Waals surface area contributed by atoms with Crippen molar-refractivity contribution < 1.29 is 13.2 Å². The van der Waals surface area contributed by atoms with Crippen molar-refractivity contribution in [2.24, 2.45) is 0 Å². The molecule has 0 bridgehead atoms. The maximum Gasteiger partial charge on any atom is 0.258 e. The van der Waals surface area contributed by atoms with Crippen LogP contribution in [0.1, 0.15) is 11.6 Å². The molecule has 1 aromatic rings. The van der Waals surface area contributed by atoms with E-state index in [0.29, 0.717) is 30.7 Å². The molecule has 6 heteroatoms. The third-order valence-corrected chi connectivity index (χ3v) is 3.56. The predicted molar refractivity (Wildman–Crippen MR) is 67.3 cm³/mol. The molecule has 1 heterocycles. The van der Waals surface area contributed by atoms with Gasteiger partial charge in [0, 0.05) is 36.2 Å². The maximum absolute atomic E-state index is 13.8. The number of rotatable bonds is 3. The molecule has 2 nitrogen and oxygen atoms in total. The van der Waals surface area contributed by atoms with Crippen LogP contribution in [-0.2, 0) is 0 Å². The summed E-state index contributed by atoms with van der Waals surface area (Å²) in [5.74, 6) is -0.590. The lowest BCUT2D eigenvalue weighted by molar-refractivity contribution is 0.0164. The molecule has 1 aliphatic heterocycles. The Morgan fingerprint density at radius 3 is 2.44 bits per heavy atom. The van der Waals surface area contributed by atoms with E-state index >= 15 is 0 Å². The van der Waals surface area contributed by atoms with Crippen molar-refractivity contribution in [2.45, 2.75) is 12.5 Å². The van der Waals surface area contributed by atoms with E-state index in [2.05, 4.69) is 21.2 Å². The molecule has 0 aliphatic carbocycles. The number of hydrogen-bond acceptors (Lipinski definition) is 2. The van der Waals surface area contributed by atoms with E-state index in [4.69, 9.17) is 0 Å². The third-order valence-electron chi connectivity index (χ3n) is 3.06. The van der Waals surface area contributed by atoms with Crippen LogP contribution in [0.2, 0.25) is 0 Å². The van der Waals surface area contributed by atoms with Crippen molar-refractivity contribution in [1.82, 2.24) is 10.2 Å². The zero-order chi connectivity index (χ0) is 13.1. The average molecular weight is 323 g/mol. The molecule has 1 fully saturated rings. The van der Waals surface area contributed by atoms with E-state index < -0.39 is 18.3 Å². The minimum atomic E-state index is -2.60. The largest absolute Gasteiger partial charge is 0.314 e. The van der Waals surface area contributed by atoms with Gasteiger partial charge in [0.15, 0.2) is 0 Å². The van der Waals surface area contributed by atoms with Crippen molar-refractivity contribution >= 4 is 15.9 Å². The van der Waals surface area contributed by atoms with E-state index in [0.717, 1.165) is 0 Å². The number of halogens is 4. The van der Waals surface area contributed by atoms with Gasteiger partial charge in [0.25, 0.3) is 6.43 Å². The Labute approximate surface area is 112 Å². The summed E-state index contributed by atoms with van der Waals surface area (Å²) >= 11 is 3.13. The molecule has 1 N–H and O–H groups in total. The Bertz CT molecular complexity index is 408. The third kappa shape index (κ3) is 3.05. The van der Waals surface area contributed by atoms with Gasteiger partial charge in [0.1, 0.15) is 5.82 Å². The smallest absolute Gasteiger partial charge is 0.258 e. The molecule has 2 rings (SSSR count). The van der Waals surface area contributed by atoms with Crippen molar-refractivity contribution in [3.05, 3.63) is 34.1 Å². The summed E-state index contributed by atoms with van der Waals surface area (Å²) < 4.78 is 40.8. The van der Waals surface area contributed by atoms with Gasteiger partial charge in [0.2, 0.25) is 0 Å². The van der Waals surface area contributed by atoms with E-state index in [9.17, 15) is 13.2 Å². The number of alkyl halides is 2. The fraction of sp³-hybridized carbons (Fsp3) is 0.500. The van der Waals surface area contributed by atoms with E-state index in [1.807, 2.05) is 0 Å². The molecule has 18 heavy (non-hydrogen) atoms. The molecule has 1 atom stereocenters. The molecular weight excluding hydrogens is 309 g/mol. The van der Waals surface area contributed by atoms with Crippen LogP contribution in [0.4, 0.5) is 13.2 Å². The summed E-state index contributed by atoms with van der Waals surface area (Å²) in [5, 5.41) is 3.10. The zero-order valence-corrected chi connectivity index (χ0v) is 11.3. The minimum absolute atomic E-state index is 0.0649. The Morgan fingerprint density at radius 1 is 1.22 bits per heavy atom. The van der Waals surface area contributed by atoms with E-state index in [1.54, 1.807) is 11.0 Å². The summed E-state index contributed by atoms with van der Waals surface area (Å²) in [7, 11) is 0. The van der Waals surface area contributed by atoms with Crippen LogP contribution in [-0.4, -0.2) is 37.5 Å². The van der Waals surface area contributed by atoms with Crippen molar-refractivity contribution in [1.29, 1.82) is 0 Å². The number of nitrogens with one attached hydrogen (secondary N) is 1. The first kappa shape index (κ1) is 13.8. The second-order valence-corrected chi connectivity index (χ2v) is 5.15. The van der Waals surface area contributed by atoms with Gasteiger partial charge in [-0.1, -0.05) is 22.0 Å². The van der Waals surface area contributed by atoms with Crippen molar-refractivity contribution in [2.75, 3.05) is 26.2 Å². The van der Waals surface area contributed by atoms with Crippen molar-refractivity contribution in [3.8, 4) is 0 Å². The Morgan fingerprint density at radius 2 is 1.89 bits per heavy atom. The maximum atomic E-state index is 13.8. The Hall–Kier alpha value is -0.590. The molecule has 0 radical (unpaired) electrons. The lowest BCUT2D eigenvalue weighted by atomic mass is 10.0. The van der Waals surface area contributed by atoms with Gasteiger partial charge in [-0.25, -0.2) is 13.2 Å². The number of hydrogen-bond donors (Lipinski definition) is 1. The Balaban J connectivity index is 2.28. The lowest BCUT2D eigenvalue weighted by Gasteiger charge is -2.34. The van der Waals surface area contributed by atoms with Crippen molar-refractivity contribution in [3.63, 3.8) is 0 Å². The van der Waals surface area contributed by atoms with Crippen LogP contribution in [0, 0.1) is 5.82 Å². The normalized spacial score (nSPS) is 19.2. The number of benzene rings is 1. The molecule has 0 aromatic heterocycles. The van der Waals surface area contributed by atoms with Crippen LogP contribution >= 0.6 is 15.9 Å². The monoisotopic (exact) mass is 322 g/mol. The molecule has 1 aromatic carbocycles. The van der Waals surface area contributed by atoms with Gasteiger partial charge < -0.3 is 5.32 Å². The van der Waals surface area contributed by atoms with Crippen LogP contribution in [0.5, 0.6) is 0 Å². The van der Waals surface area contributed by atoms with Crippen LogP contribution in [0.25, 0.3) is 0 Å². The highest BCUT2D eigenvalue weighted by Gasteiger charge is 2.32. The van der Waals surface area contributed by atoms with Crippen LogP contribution < -0.4 is 5.32 Å². The molecular formula is C12H14BrF3N2. The van der Waals surface area contributed by atoms with E-state index in [-0.39, 0.29) is 5.56 Å². The molecule has 0 spiro atoms. The highest BCUT2D eigenvalue weighted by Crippen LogP contribution is 2.30. The first-order valence-electron chi connectivity index (χ1n) is 5.77. The Kier molecular flexibility index (Phi) is 4.64. The first-order valence-corrected chi connectivity index (χ1v) is 6.57. The molecule has 0 unspecified atom stereocenters. The quantitative estimate of drug-likeness (QED) is 0.920. The van der Waals surface area contributed by atoms with Gasteiger partial charge >= 0.3 is 0 Å². The first-order chi connectivity index (χ1) is 8.59. The summed E-state index contributed by atoms with van der Waals surface area (Å²) in [6.45, 7) is 2.32. The number of piperazine rings is 1. The highest BCUT2D eigenvalue weighted by molar-refractivity contribution is 9.10. The summed E-state index contributed by atoms with van der Waals surface area (Å²) in [6.07, 6.45) is -2.60. The molecule has 0 amide bonds. The summed E-state index contributed by atoms with van der Waals surface area (Å²) in [6, 6.07) is 3.08. The zero-order valence-electron chi connectivity index (χ0n) is 9.67. The lowest BCUT2D eigenvalue weighted by Crippen LogP contribution is -2.47. The predicted octanol–water partition coefficient (Wildman–Crippen LogP) is 2.80. The van der Waals surface area contributed by atoms with Crippen LogP contribution in [0.3, 0.4) is 0 Å². The SMILES string of the molecule is Fc1cc(Br)ccc1[C@H](C(F)F)N1CCNCC1. The van der Waals surface area contributed by atoms with Gasteiger partial charge in [-0.05, 0) is 12.1 Å². The summed E-state index contributed by atoms with van der Waals surface area (Å²) in [4.78, 5) is 1.63. The minimum Gasteiger partial charge on any atom is -0.314 e. The van der Waals surface area contributed by atoms with E-state index in [1.165, 1.54) is 12.1 Å². The topological polar surface area (TPSA) is 15.3 Å². The second-order valence-electron chi connectivity index (χ2n) is 4.23. The fourth-order valence-corrected chi connectivity index (χ4v) is 2.53. The van der Waals surface area contributed by atoms with Crippen LogP contribution in [0.15, 0.2) is 22.7 Å². The van der Waals surface area contributed by atoms with Gasteiger partial charge in [-0.3, -0.25) is 4.90 Å². The standard InChI is InChI=1S/C12H14BrF3N2/c13-8-1-2-9(10(14)7-8)11(12(15)16)18-5-3-17-4-6-18/h1-2,7,11-12,17H,3-6H2/t11-/m1/s1.